The predicted octanol–water partition coefficient (Wildman–Crippen LogP) is 3.24. The fraction of sp³-hybridized carbons (Fsp3) is 0.286. The van der Waals surface area contributed by atoms with Crippen molar-refractivity contribution in [2.24, 2.45) is 0 Å². The van der Waals surface area contributed by atoms with Gasteiger partial charge >= 0.3 is 0 Å². The number of benzene rings is 2. The van der Waals surface area contributed by atoms with E-state index in [9.17, 15) is 9.59 Å². The molecule has 1 aliphatic heterocycles. The number of imidazole rings is 1. The third-order valence-electron chi connectivity index (χ3n) is 5.00. The van der Waals surface area contributed by atoms with Gasteiger partial charge in [0.25, 0.3) is 5.91 Å². The molecule has 0 bridgehead atoms. The van der Waals surface area contributed by atoms with Crippen LogP contribution < -0.4 is 5.32 Å². The monoisotopic (exact) mass is 396 g/mol. The minimum Gasteiger partial charge on any atom is -0.345 e. The summed E-state index contributed by atoms with van der Waals surface area (Å²) in [6.45, 7) is 2.10. The van der Waals surface area contributed by atoms with Crippen LogP contribution in [-0.4, -0.2) is 39.4 Å². The summed E-state index contributed by atoms with van der Waals surface area (Å²) >= 11 is 5.88. The molecule has 144 valence electrons. The van der Waals surface area contributed by atoms with Crippen LogP contribution in [0.3, 0.4) is 0 Å². The zero-order valence-electron chi connectivity index (χ0n) is 15.4. The fourth-order valence-corrected chi connectivity index (χ4v) is 3.63. The van der Waals surface area contributed by atoms with Crippen LogP contribution in [0.4, 0.5) is 0 Å². The normalized spacial score (nSPS) is 13.8. The van der Waals surface area contributed by atoms with E-state index in [4.69, 9.17) is 11.6 Å². The number of fused-ring (bicyclic) bond motifs is 1. The summed E-state index contributed by atoms with van der Waals surface area (Å²) in [5.74, 6) is 0.545. The smallest absolute Gasteiger partial charge is 0.251 e. The molecule has 0 atom stereocenters. The largest absolute Gasteiger partial charge is 0.345 e. The Labute approximate surface area is 168 Å². The van der Waals surface area contributed by atoms with E-state index in [1.54, 1.807) is 24.3 Å². The Bertz CT molecular complexity index is 1010. The molecule has 1 N–H and O–H groups in total. The summed E-state index contributed by atoms with van der Waals surface area (Å²) in [7, 11) is 0. The number of carbonyl (C=O) groups excluding carboxylic acids is 2. The number of nitrogens with zero attached hydrogens (tertiary/aromatic N) is 3. The van der Waals surface area contributed by atoms with Gasteiger partial charge in [-0.1, -0.05) is 23.7 Å². The Hall–Kier alpha value is -2.86. The van der Waals surface area contributed by atoms with Crippen LogP contribution in [0.25, 0.3) is 11.0 Å². The molecule has 0 saturated carbocycles. The highest BCUT2D eigenvalue weighted by atomic mass is 35.5. The minimum atomic E-state index is -0.207. The van der Waals surface area contributed by atoms with Gasteiger partial charge in [0, 0.05) is 23.7 Å². The molecule has 0 unspecified atom stereocenters. The summed E-state index contributed by atoms with van der Waals surface area (Å²) in [6.07, 6.45) is 2.11. The molecule has 1 saturated heterocycles. The Kier molecular flexibility index (Phi) is 5.30. The molecule has 1 aliphatic rings. The molecule has 6 nitrogen and oxygen atoms in total. The van der Waals surface area contributed by atoms with Gasteiger partial charge in [-0.2, -0.15) is 0 Å². The molecule has 0 aliphatic carbocycles. The van der Waals surface area contributed by atoms with Gasteiger partial charge in [-0.05, 0) is 49.2 Å². The van der Waals surface area contributed by atoms with Gasteiger partial charge in [-0.3, -0.25) is 9.59 Å². The number of carbonyl (C=O) groups is 2. The fourth-order valence-electron chi connectivity index (χ4n) is 3.50. The highest BCUT2D eigenvalue weighted by molar-refractivity contribution is 6.30. The molecule has 7 heteroatoms. The maximum Gasteiger partial charge on any atom is 0.251 e. The number of para-hydroxylation sites is 2. The summed E-state index contributed by atoms with van der Waals surface area (Å²) in [5.41, 5.74) is 2.23. The number of hydrogen-bond donors (Lipinski definition) is 1. The van der Waals surface area contributed by atoms with Gasteiger partial charge in [0.15, 0.2) is 0 Å². The van der Waals surface area contributed by atoms with Gasteiger partial charge in [0.1, 0.15) is 12.4 Å². The maximum absolute atomic E-state index is 12.7. The van der Waals surface area contributed by atoms with Crippen LogP contribution in [0.2, 0.25) is 5.02 Å². The molecule has 2 amide bonds. The van der Waals surface area contributed by atoms with Crippen LogP contribution in [0.5, 0.6) is 0 Å². The molecule has 1 aromatic heterocycles. The molecule has 0 radical (unpaired) electrons. The zero-order chi connectivity index (χ0) is 19.5. The Morgan fingerprint density at radius 3 is 2.50 bits per heavy atom. The Balaban J connectivity index is 1.54. The number of likely N-dealkylation sites (tertiary alicyclic amines) is 1. The number of hydrogen-bond acceptors (Lipinski definition) is 3. The summed E-state index contributed by atoms with van der Waals surface area (Å²) < 4.78 is 1.90. The molecule has 0 spiro atoms. The molecule has 3 aromatic rings. The van der Waals surface area contributed by atoms with Crippen molar-refractivity contribution in [3.63, 3.8) is 0 Å². The summed E-state index contributed by atoms with van der Waals surface area (Å²) in [5, 5.41) is 3.47. The molecule has 1 fully saturated rings. The second-order valence-electron chi connectivity index (χ2n) is 6.88. The first-order chi connectivity index (χ1) is 13.6. The lowest BCUT2D eigenvalue weighted by Crippen LogP contribution is -2.32. The van der Waals surface area contributed by atoms with Crippen molar-refractivity contribution in [1.29, 1.82) is 0 Å². The van der Waals surface area contributed by atoms with E-state index in [1.165, 1.54) is 0 Å². The van der Waals surface area contributed by atoms with Crippen molar-refractivity contribution in [2.45, 2.75) is 25.9 Å². The van der Waals surface area contributed by atoms with E-state index in [0.717, 1.165) is 37.0 Å². The van der Waals surface area contributed by atoms with Crippen LogP contribution in [0.15, 0.2) is 48.5 Å². The summed E-state index contributed by atoms with van der Waals surface area (Å²) in [4.78, 5) is 31.6. The van der Waals surface area contributed by atoms with Gasteiger partial charge in [-0.15, -0.1) is 0 Å². The van der Waals surface area contributed by atoms with Crippen molar-refractivity contribution >= 4 is 34.4 Å². The third kappa shape index (κ3) is 3.87. The highest BCUT2D eigenvalue weighted by Crippen LogP contribution is 2.18. The predicted molar refractivity (Wildman–Crippen MR) is 108 cm³/mol. The quantitative estimate of drug-likeness (QED) is 0.719. The third-order valence-corrected chi connectivity index (χ3v) is 5.25. The number of amides is 2. The van der Waals surface area contributed by atoms with Gasteiger partial charge in [0.05, 0.1) is 17.6 Å². The maximum atomic E-state index is 12.7. The second kappa shape index (κ2) is 8.02. The first-order valence-corrected chi connectivity index (χ1v) is 9.75. The second-order valence-corrected chi connectivity index (χ2v) is 7.32. The number of rotatable bonds is 5. The molecule has 4 rings (SSSR count). The minimum absolute atomic E-state index is 0.0888. The van der Waals surface area contributed by atoms with Crippen LogP contribution in [0, 0.1) is 0 Å². The zero-order valence-corrected chi connectivity index (χ0v) is 16.2. The molecule has 28 heavy (non-hydrogen) atoms. The first-order valence-electron chi connectivity index (χ1n) is 9.37. The van der Waals surface area contributed by atoms with Crippen molar-refractivity contribution in [3.05, 3.63) is 64.9 Å². The van der Waals surface area contributed by atoms with Crippen LogP contribution in [-0.2, 0) is 17.9 Å². The van der Waals surface area contributed by atoms with E-state index in [0.29, 0.717) is 16.4 Å². The van der Waals surface area contributed by atoms with Crippen LogP contribution in [0.1, 0.15) is 29.0 Å². The van der Waals surface area contributed by atoms with Gasteiger partial charge in [0.2, 0.25) is 5.91 Å². The number of halogens is 1. The van der Waals surface area contributed by atoms with E-state index >= 15 is 0 Å². The van der Waals surface area contributed by atoms with E-state index in [1.807, 2.05) is 33.7 Å². The topological polar surface area (TPSA) is 67.2 Å². The lowest BCUT2D eigenvalue weighted by Gasteiger charge is -2.17. The van der Waals surface area contributed by atoms with E-state index < -0.39 is 0 Å². The van der Waals surface area contributed by atoms with Gasteiger partial charge < -0.3 is 14.8 Å². The number of aromatic nitrogens is 2. The van der Waals surface area contributed by atoms with E-state index in [2.05, 4.69) is 10.3 Å². The average Bonchev–Trinajstić information content (AvgIpc) is 3.35. The van der Waals surface area contributed by atoms with Crippen molar-refractivity contribution in [2.75, 3.05) is 13.1 Å². The SMILES string of the molecule is O=C(NCc1nc2ccccc2n1CC(=O)N1CCCC1)c1ccc(Cl)cc1. The van der Waals surface area contributed by atoms with Crippen molar-refractivity contribution in [3.8, 4) is 0 Å². The first kappa shape index (κ1) is 18.5. The molecular weight excluding hydrogens is 376 g/mol. The van der Waals surface area contributed by atoms with Gasteiger partial charge in [-0.25, -0.2) is 4.98 Å². The molecule has 2 heterocycles. The van der Waals surface area contributed by atoms with E-state index in [-0.39, 0.29) is 24.9 Å². The Morgan fingerprint density at radius 2 is 1.75 bits per heavy atom. The standard InChI is InChI=1S/C21H21ClN4O2/c22-16-9-7-15(8-10-16)21(28)23-13-19-24-17-5-1-2-6-18(17)26(19)14-20(27)25-11-3-4-12-25/h1-2,5-10H,3-4,11-14H2,(H,23,28). The summed E-state index contributed by atoms with van der Waals surface area (Å²) in [6, 6.07) is 14.4. The van der Waals surface area contributed by atoms with Crippen LogP contribution >= 0.6 is 11.6 Å². The van der Waals surface area contributed by atoms with Crippen molar-refractivity contribution in [1.82, 2.24) is 19.8 Å². The average molecular weight is 397 g/mol. The molecule has 2 aromatic carbocycles. The highest BCUT2D eigenvalue weighted by Gasteiger charge is 2.21. The lowest BCUT2D eigenvalue weighted by atomic mass is 10.2. The molecular formula is C21H21ClN4O2. The lowest BCUT2D eigenvalue weighted by molar-refractivity contribution is -0.130. The van der Waals surface area contributed by atoms with Crippen molar-refractivity contribution < 1.29 is 9.59 Å². The number of nitrogens with one attached hydrogen (secondary N) is 1. The Morgan fingerprint density at radius 1 is 1.04 bits per heavy atom.